The van der Waals surface area contributed by atoms with Gasteiger partial charge in [-0.15, -0.1) is 0 Å². The average molecular weight is 377 g/mol. The first kappa shape index (κ1) is 17.9. The minimum absolute atomic E-state index is 0.0157. The van der Waals surface area contributed by atoms with E-state index >= 15 is 0 Å². The predicted octanol–water partition coefficient (Wildman–Crippen LogP) is 4.97. The molecule has 7 heteroatoms. The SMILES string of the molecule is O=C(NCCOc1cccc2ccccc12)Nc1cc(F)c(F)cc1Cl. The maximum absolute atomic E-state index is 13.2. The van der Waals surface area contributed by atoms with Crippen LogP contribution in [0.2, 0.25) is 5.02 Å². The van der Waals surface area contributed by atoms with Crippen molar-refractivity contribution in [1.82, 2.24) is 5.32 Å². The second-order valence-electron chi connectivity index (χ2n) is 5.45. The second-order valence-corrected chi connectivity index (χ2v) is 5.86. The van der Waals surface area contributed by atoms with Gasteiger partial charge in [-0.1, -0.05) is 48.0 Å². The van der Waals surface area contributed by atoms with Gasteiger partial charge in [-0.3, -0.25) is 0 Å². The number of benzene rings is 3. The fourth-order valence-corrected chi connectivity index (χ4v) is 2.63. The molecule has 3 rings (SSSR count). The first-order chi connectivity index (χ1) is 12.5. The Morgan fingerprint density at radius 1 is 1.04 bits per heavy atom. The molecule has 3 aromatic rings. The zero-order valence-corrected chi connectivity index (χ0v) is 14.3. The number of fused-ring (bicyclic) bond motifs is 1. The number of amides is 2. The van der Waals surface area contributed by atoms with E-state index in [4.69, 9.17) is 16.3 Å². The van der Waals surface area contributed by atoms with Gasteiger partial charge in [0.2, 0.25) is 0 Å². The molecule has 0 heterocycles. The van der Waals surface area contributed by atoms with Gasteiger partial charge in [-0.2, -0.15) is 0 Å². The molecule has 0 aromatic heterocycles. The Hall–Kier alpha value is -2.86. The summed E-state index contributed by atoms with van der Waals surface area (Å²) < 4.78 is 31.9. The molecule has 0 radical (unpaired) electrons. The number of anilines is 1. The van der Waals surface area contributed by atoms with Crippen molar-refractivity contribution in [2.24, 2.45) is 0 Å². The summed E-state index contributed by atoms with van der Waals surface area (Å²) in [6, 6.07) is 14.6. The van der Waals surface area contributed by atoms with Gasteiger partial charge in [0.25, 0.3) is 0 Å². The van der Waals surface area contributed by atoms with Crippen LogP contribution in [-0.4, -0.2) is 19.2 Å². The van der Waals surface area contributed by atoms with Crippen LogP contribution in [0.25, 0.3) is 10.8 Å². The Labute approximate surface area is 153 Å². The molecule has 4 nitrogen and oxygen atoms in total. The number of ether oxygens (including phenoxy) is 1. The molecule has 0 bridgehead atoms. The van der Waals surface area contributed by atoms with E-state index in [2.05, 4.69) is 10.6 Å². The summed E-state index contributed by atoms with van der Waals surface area (Å²) >= 11 is 5.77. The van der Waals surface area contributed by atoms with Gasteiger partial charge in [0.15, 0.2) is 11.6 Å². The molecule has 3 aromatic carbocycles. The number of urea groups is 1. The number of hydrogen-bond donors (Lipinski definition) is 2. The minimum atomic E-state index is -1.09. The van der Waals surface area contributed by atoms with E-state index in [-0.39, 0.29) is 23.9 Å². The van der Waals surface area contributed by atoms with Gasteiger partial charge < -0.3 is 15.4 Å². The maximum atomic E-state index is 13.2. The maximum Gasteiger partial charge on any atom is 0.319 e. The Morgan fingerprint density at radius 2 is 1.77 bits per heavy atom. The summed E-state index contributed by atoms with van der Waals surface area (Å²) in [5.74, 6) is -1.46. The van der Waals surface area contributed by atoms with Crippen molar-refractivity contribution in [3.05, 3.63) is 71.3 Å². The Balaban J connectivity index is 1.52. The molecule has 0 atom stereocenters. The molecule has 2 N–H and O–H groups in total. The van der Waals surface area contributed by atoms with E-state index in [1.165, 1.54) is 0 Å². The van der Waals surface area contributed by atoms with Crippen LogP contribution in [0.1, 0.15) is 0 Å². The monoisotopic (exact) mass is 376 g/mol. The summed E-state index contributed by atoms with van der Waals surface area (Å²) in [5, 5.41) is 6.87. The lowest BCUT2D eigenvalue weighted by atomic mass is 10.1. The minimum Gasteiger partial charge on any atom is -0.491 e. The standard InChI is InChI=1S/C19H15ClF2N2O2/c20-14-10-15(21)16(22)11-17(14)24-19(25)23-8-9-26-18-7-3-5-12-4-1-2-6-13(12)18/h1-7,10-11H,8-9H2,(H2,23,24,25). The lowest BCUT2D eigenvalue weighted by Crippen LogP contribution is -2.32. The van der Waals surface area contributed by atoms with E-state index in [1.54, 1.807) is 0 Å². The highest BCUT2D eigenvalue weighted by atomic mass is 35.5. The van der Waals surface area contributed by atoms with Crippen LogP contribution in [0, 0.1) is 11.6 Å². The fraction of sp³-hybridized carbons (Fsp3) is 0.105. The molecule has 0 fully saturated rings. The van der Waals surface area contributed by atoms with Gasteiger partial charge in [0.05, 0.1) is 17.3 Å². The number of rotatable bonds is 5. The summed E-state index contributed by atoms with van der Waals surface area (Å²) in [5.41, 5.74) is -0.0157. The molecule has 134 valence electrons. The molecule has 0 aliphatic carbocycles. The molecular formula is C19H15ClF2N2O2. The molecule has 2 amide bonds. The Kier molecular flexibility index (Phi) is 5.53. The van der Waals surface area contributed by atoms with Crippen molar-refractivity contribution in [3.63, 3.8) is 0 Å². The first-order valence-electron chi connectivity index (χ1n) is 7.84. The highest BCUT2D eigenvalue weighted by molar-refractivity contribution is 6.33. The lowest BCUT2D eigenvalue weighted by molar-refractivity contribution is 0.247. The zero-order chi connectivity index (χ0) is 18.5. The molecule has 0 spiro atoms. The van der Waals surface area contributed by atoms with E-state index in [9.17, 15) is 13.6 Å². The quantitative estimate of drug-likeness (QED) is 0.488. The first-order valence-corrected chi connectivity index (χ1v) is 8.22. The third kappa shape index (κ3) is 4.21. The zero-order valence-electron chi connectivity index (χ0n) is 13.6. The van der Waals surface area contributed by atoms with Crippen molar-refractivity contribution in [1.29, 1.82) is 0 Å². The molecule has 0 aliphatic rings. The highest BCUT2D eigenvalue weighted by Gasteiger charge is 2.11. The number of halogens is 3. The van der Waals surface area contributed by atoms with Gasteiger partial charge in [0.1, 0.15) is 12.4 Å². The third-order valence-electron chi connectivity index (χ3n) is 3.65. The van der Waals surface area contributed by atoms with Gasteiger partial charge in [-0.05, 0) is 17.5 Å². The molecule has 0 unspecified atom stereocenters. The average Bonchev–Trinajstić information content (AvgIpc) is 2.63. The number of nitrogens with one attached hydrogen (secondary N) is 2. The van der Waals surface area contributed by atoms with Crippen LogP contribution in [0.5, 0.6) is 5.75 Å². The van der Waals surface area contributed by atoms with E-state index in [0.29, 0.717) is 5.75 Å². The van der Waals surface area contributed by atoms with Gasteiger partial charge in [-0.25, -0.2) is 13.6 Å². The van der Waals surface area contributed by atoms with Crippen LogP contribution in [0.15, 0.2) is 54.6 Å². The summed E-state index contributed by atoms with van der Waals surface area (Å²) in [7, 11) is 0. The summed E-state index contributed by atoms with van der Waals surface area (Å²) in [4.78, 5) is 11.8. The van der Waals surface area contributed by atoms with E-state index in [0.717, 1.165) is 22.9 Å². The van der Waals surface area contributed by atoms with Gasteiger partial charge >= 0.3 is 6.03 Å². The van der Waals surface area contributed by atoms with Crippen LogP contribution in [0.3, 0.4) is 0 Å². The number of hydrogen-bond acceptors (Lipinski definition) is 2. The fourth-order valence-electron chi connectivity index (χ4n) is 2.43. The third-order valence-corrected chi connectivity index (χ3v) is 3.97. The molecule has 0 aliphatic heterocycles. The molecule has 26 heavy (non-hydrogen) atoms. The molecular weight excluding hydrogens is 362 g/mol. The molecule has 0 saturated heterocycles. The van der Waals surface area contributed by atoms with E-state index in [1.807, 2.05) is 42.5 Å². The normalized spacial score (nSPS) is 10.6. The number of carbonyl (C=O) groups excluding carboxylic acids is 1. The van der Waals surface area contributed by atoms with Crippen LogP contribution in [0.4, 0.5) is 19.3 Å². The number of carbonyl (C=O) groups is 1. The second kappa shape index (κ2) is 8.01. The summed E-state index contributed by atoms with van der Waals surface area (Å²) in [6.45, 7) is 0.462. The van der Waals surface area contributed by atoms with Crippen molar-refractivity contribution in [3.8, 4) is 5.75 Å². The predicted molar refractivity (Wildman–Crippen MR) is 97.8 cm³/mol. The Bertz CT molecular complexity index is 945. The van der Waals surface area contributed by atoms with Crippen molar-refractivity contribution >= 4 is 34.1 Å². The van der Waals surface area contributed by atoms with Crippen LogP contribution >= 0.6 is 11.6 Å². The van der Waals surface area contributed by atoms with Crippen molar-refractivity contribution in [2.45, 2.75) is 0 Å². The van der Waals surface area contributed by atoms with E-state index < -0.39 is 17.7 Å². The van der Waals surface area contributed by atoms with Crippen LogP contribution < -0.4 is 15.4 Å². The topological polar surface area (TPSA) is 50.4 Å². The van der Waals surface area contributed by atoms with Crippen molar-refractivity contribution < 1.29 is 18.3 Å². The Morgan fingerprint density at radius 3 is 2.62 bits per heavy atom. The van der Waals surface area contributed by atoms with Gasteiger partial charge in [0, 0.05) is 11.5 Å². The molecule has 0 saturated carbocycles. The lowest BCUT2D eigenvalue weighted by Gasteiger charge is -2.11. The highest BCUT2D eigenvalue weighted by Crippen LogP contribution is 2.25. The largest absolute Gasteiger partial charge is 0.491 e. The summed E-state index contributed by atoms with van der Waals surface area (Å²) in [6.07, 6.45) is 0. The van der Waals surface area contributed by atoms with Crippen molar-refractivity contribution in [2.75, 3.05) is 18.5 Å². The smallest absolute Gasteiger partial charge is 0.319 e. The van der Waals surface area contributed by atoms with Crippen LogP contribution in [-0.2, 0) is 0 Å².